The van der Waals surface area contributed by atoms with E-state index in [4.69, 9.17) is 9.47 Å². The van der Waals surface area contributed by atoms with Crippen LogP contribution in [0, 0.1) is 6.92 Å². The molecule has 1 aromatic heterocycles. The van der Waals surface area contributed by atoms with Gasteiger partial charge in [0.25, 0.3) is 6.29 Å². The molecule has 0 atom stereocenters. The number of rotatable bonds is 1. The molecular formula is C9H8BrNO2. The predicted molar refractivity (Wildman–Crippen MR) is 50.7 cm³/mol. The normalized spacial score (nSPS) is 15.5. The van der Waals surface area contributed by atoms with Gasteiger partial charge in [-0.05, 0) is 34.5 Å². The molecule has 68 valence electrons. The van der Waals surface area contributed by atoms with Crippen LogP contribution >= 0.6 is 15.9 Å². The first kappa shape index (κ1) is 8.56. The molecule has 0 spiro atoms. The third kappa shape index (κ3) is 1.67. The highest BCUT2D eigenvalue weighted by atomic mass is 79.9. The van der Waals surface area contributed by atoms with Gasteiger partial charge in [0.1, 0.15) is 18.2 Å². The minimum Gasteiger partial charge on any atom is -0.454 e. The third-order valence-corrected chi connectivity index (χ3v) is 2.60. The third-order valence-electron chi connectivity index (χ3n) is 1.77. The van der Waals surface area contributed by atoms with E-state index in [0.717, 1.165) is 15.7 Å². The quantitative estimate of drug-likeness (QED) is 0.758. The molecule has 0 saturated heterocycles. The Labute approximate surface area is 84.5 Å². The summed E-state index contributed by atoms with van der Waals surface area (Å²) in [6.45, 7) is 2.00. The predicted octanol–water partition coefficient (Wildman–Crippen LogP) is 2.67. The Morgan fingerprint density at radius 3 is 2.69 bits per heavy atom. The molecule has 0 N–H and O–H groups in total. The summed E-state index contributed by atoms with van der Waals surface area (Å²) in [7, 11) is 0. The van der Waals surface area contributed by atoms with E-state index in [9.17, 15) is 0 Å². The number of hydrogen-bond acceptors (Lipinski definition) is 3. The van der Waals surface area contributed by atoms with Gasteiger partial charge in [-0.15, -0.1) is 0 Å². The molecule has 2 heterocycles. The highest BCUT2D eigenvalue weighted by molar-refractivity contribution is 9.10. The zero-order valence-electron chi connectivity index (χ0n) is 7.03. The zero-order valence-corrected chi connectivity index (χ0v) is 8.61. The molecule has 0 aromatic carbocycles. The average molecular weight is 242 g/mol. The van der Waals surface area contributed by atoms with E-state index < -0.39 is 0 Å². The number of ether oxygens (including phenoxy) is 2. The number of pyridine rings is 1. The first-order valence-corrected chi connectivity index (χ1v) is 4.64. The van der Waals surface area contributed by atoms with E-state index in [1.54, 1.807) is 6.20 Å². The lowest BCUT2D eigenvalue weighted by Gasteiger charge is -2.10. The standard InChI is InChI=1S/C9H8BrNO2/c1-6-4-8(11-5-7(6)10)9-12-2-3-13-9/h2-5,9H,1H3. The molecule has 1 aliphatic rings. The van der Waals surface area contributed by atoms with Crippen molar-refractivity contribution < 1.29 is 9.47 Å². The lowest BCUT2D eigenvalue weighted by atomic mass is 10.2. The van der Waals surface area contributed by atoms with Crippen LogP contribution in [0.1, 0.15) is 17.5 Å². The lowest BCUT2D eigenvalue weighted by Crippen LogP contribution is -2.01. The zero-order chi connectivity index (χ0) is 9.26. The molecule has 0 radical (unpaired) electrons. The summed E-state index contributed by atoms with van der Waals surface area (Å²) in [5.74, 6) is 0. The van der Waals surface area contributed by atoms with Gasteiger partial charge in [0.05, 0.1) is 0 Å². The van der Waals surface area contributed by atoms with Gasteiger partial charge in [-0.2, -0.15) is 0 Å². The lowest BCUT2D eigenvalue weighted by molar-refractivity contribution is -0.0280. The summed E-state index contributed by atoms with van der Waals surface area (Å²) >= 11 is 3.38. The van der Waals surface area contributed by atoms with Crippen molar-refractivity contribution in [1.82, 2.24) is 4.98 Å². The maximum atomic E-state index is 5.15. The smallest absolute Gasteiger partial charge is 0.283 e. The summed E-state index contributed by atoms with van der Waals surface area (Å²) < 4.78 is 11.3. The van der Waals surface area contributed by atoms with Gasteiger partial charge >= 0.3 is 0 Å². The number of halogens is 1. The van der Waals surface area contributed by atoms with Gasteiger partial charge in [-0.25, -0.2) is 0 Å². The van der Waals surface area contributed by atoms with Gasteiger partial charge in [0.15, 0.2) is 0 Å². The molecule has 0 bridgehead atoms. The summed E-state index contributed by atoms with van der Waals surface area (Å²) in [6.07, 6.45) is 4.40. The van der Waals surface area contributed by atoms with Crippen molar-refractivity contribution in [3.8, 4) is 0 Å². The Hall–Kier alpha value is -1.03. The highest BCUT2D eigenvalue weighted by Gasteiger charge is 2.17. The monoisotopic (exact) mass is 241 g/mol. The van der Waals surface area contributed by atoms with E-state index in [2.05, 4.69) is 20.9 Å². The number of hydrogen-bond donors (Lipinski definition) is 0. The van der Waals surface area contributed by atoms with Gasteiger partial charge in [-0.1, -0.05) is 0 Å². The van der Waals surface area contributed by atoms with Gasteiger partial charge < -0.3 is 9.47 Å². The fraction of sp³-hybridized carbons (Fsp3) is 0.222. The second-order valence-electron chi connectivity index (χ2n) is 2.73. The van der Waals surface area contributed by atoms with Gasteiger partial charge in [0, 0.05) is 10.7 Å². The molecule has 4 heteroatoms. The van der Waals surface area contributed by atoms with Crippen molar-refractivity contribution in [2.24, 2.45) is 0 Å². The number of aromatic nitrogens is 1. The highest BCUT2D eigenvalue weighted by Crippen LogP contribution is 2.24. The molecule has 1 aromatic rings. The van der Waals surface area contributed by atoms with E-state index in [1.807, 2.05) is 13.0 Å². The van der Waals surface area contributed by atoms with Crippen molar-refractivity contribution in [1.29, 1.82) is 0 Å². The first-order chi connectivity index (χ1) is 6.27. The van der Waals surface area contributed by atoms with E-state index >= 15 is 0 Å². The molecule has 0 fully saturated rings. The Bertz CT molecular complexity index is 343. The topological polar surface area (TPSA) is 31.4 Å². The molecular weight excluding hydrogens is 234 g/mol. The number of aryl methyl sites for hydroxylation is 1. The van der Waals surface area contributed by atoms with Crippen LogP contribution in [0.4, 0.5) is 0 Å². The van der Waals surface area contributed by atoms with E-state index in [1.165, 1.54) is 12.5 Å². The van der Waals surface area contributed by atoms with Crippen LogP contribution in [0.5, 0.6) is 0 Å². The van der Waals surface area contributed by atoms with Crippen molar-refractivity contribution in [3.05, 3.63) is 40.5 Å². The summed E-state index contributed by atoms with van der Waals surface area (Å²) in [4.78, 5) is 4.18. The number of nitrogens with zero attached hydrogens (tertiary/aromatic N) is 1. The maximum absolute atomic E-state index is 5.15. The van der Waals surface area contributed by atoms with E-state index in [-0.39, 0.29) is 6.29 Å². The van der Waals surface area contributed by atoms with E-state index in [0.29, 0.717) is 0 Å². The first-order valence-electron chi connectivity index (χ1n) is 3.85. The van der Waals surface area contributed by atoms with Gasteiger partial charge in [-0.3, -0.25) is 4.98 Å². The van der Waals surface area contributed by atoms with Crippen LogP contribution < -0.4 is 0 Å². The molecule has 13 heavy (non-hydrogen) atoms. The van der Waals surface area contributed by atoms with Crippen LogP contribution in [0.25, 0.3) is 0 Å². The Morgan fingerprint density at radius 1 is 1.38 bits per heavy atom. The second-order valence-corrected chi connectivity index (χ2v) is 3.59. The van der Waals surface area contributed by atoms with Crippen LogP contribution in [0.2, 0.25) is 0 Å². The minimum atomic E-state index is -0.383. The SMILES string of the molecule is Cc1cc(C2OC=CO2)ncc1Br. The fourth-order valence-electron chi connectivity index (χ4n) is 1.07. The van der Waals surface area contributed by atoms with Crippen LogP contribution in [-0.2, 0) is 9.47 Å². The molecule has 0 aliphatic carbocycles. The molecule has 1 aliphatic heterocycles. The fourth-order valence-corrected chi connectivity index (χ4v) is 1.29. The van der Waals surface area contributed by atoms with Crippen molar-refractivity contribution in [2.75, 3.05) is 0 Å². The minimum absolute atomic E-state index is 0.383. The largest absolute Gasteiger partial charge is 0.454 e. The van der Waals surface area contributed by atoms with Crippen LogP contribution in [-0.4, -0.2) is 4.98 Å². The summed E-state index contributed by atoms with van der Waals surface area (Å²) in [5, 5.41) is 0. The maximum Gasteiger partial charge on any atom is 0.283 e. The van der Waals surface area contributed by atoms with Crippen molar-refractivity contribution >= 4 is 15.9 Å². The molecule has 0 saturated carbocycles. The Morgan fingerprint density at radius 2 is 2.08 bits per heavy atom. The van der Waals surface area contributed by atoms with Crippen molar-refractivity contribution in [2.45, 2.75) is 13.2 Å². The second kappa shape index (κ2) is 3.38. The Balaban J connectivity index is 2.26. The van der Waals surface area contributed by atoms with Crippen LogP contribution in [0.15, 0.2) is 29.3 Å². The molecule has 0 unspecified atom stereocenters. The molecule has 3 nitrogen and oxygen atoms in total. The molecule has 0 amide bonds. The van der Waals surface area contributed by atoms with Crippen LogP contribution in [0.3, 0.4) is 0 Å². The van der Waals surface area contributed by atoms with Gasteiger partial charge in [0.2, 0.25) is 0 Å². The summed E-state index contributed by atoms with van der Waals surface area (Å²) in [6, 6.07) is 1.93. The Kier molecular flexibility index (Phi) is 2.22. The molecule has 2 rings (SSSR count). The van der Waals surface area contributed by atoms with Crippen molar-refractivity contribution in [3.63, 3.8) is 0 Å². The summed E-state index contributed by atoms with van der Waals surface area (Å²) in [5.41, 5.74) is 1.90. The average Bonchev–Trinajstić information content (AvgIpc) is 2.62.